The van der Waals surface area contributed by atoms with Crippen molar-refractivity contribution in [3.63, 3.8) is 0 Å². The van der Waals surface area contributed by atoms with E-state index >= 15 is 0 Å². The summed E-state index contributed by atoms with van der Waals surface area (Å²) in [6, 6.07) is 22.1. The summed E-state index contributed by atoms with van der Waals surface area (Å²) in [6.45, 7) is 11.0. The van der Waals surface area contributed by atoms with Gasteiger partial charge in [0.1, 0.15) is 0 Å². The van der Waals surface area contributed by atoms with Gasteiger partial charge in [-0.15, -0.1) is 11.3 Å². The second-order valence-electron chi connectivity index (χ2n) is 8.39. The van der Waals surface area contributed by atoms with Crippen molar-refractivity contribution in [3.8, 4) is 21.7 Å². The van der Waals surface area contributed by atoms with Crippen molar-refractivity contribution >= 4 is 21.6 Å². The Balaban J connectivity index is 1.72. The fourth-order valence-electron chi connectivity index (χ4n) is 3.48. The highest BCUT2D eigenvalue weighted by Crippen LogP contribution is 2.35. The summed E-state index contributed by atoms with van der Waals surface area (Å²) in [6.07, 6.45) is 0. The van der Waals surface area contributed by atoms with Gasteiger partial charge in [0.2, 0.25) is 0 Å². The highest BCUT2D eigenvalue weighted by molar-refractivity contribution is 7.22. The Morgan fingerprint density at radius 2 is 1.41 bits per heavy atom. The van der Waals surface area contributed by atoms with Gasteiger partial charge in [-0.1, -0.05) is 62.2 Å². The van der Waals surface area contributed by atoms with Crippen LogP contribution in [0.25, 0.3) is 31.9 Å². The zero-order valence-electron chi connectivity index (χ0n) is 16.6. The monoisotopic (exact) mass is 371 g/mol. The number of nitrogens with zero attached hydrogens (tertiary/aromatic N) is 1. The van der Waals surface area contributed by atoms with E-state index in [1.54, 1.807) is 0 Å². The number of fused-ring (bicyclic) bond motifs is 1. The van der Waals surface area contributed by atoms with Gasteiger partial charge >= 0.3 is 0 Å². The number of rotatable bonds is 2. The molecular formula is C25H25NS. The van der Waals surface area contributed by atoms with E-state index in [1.807, 2.05) is 11.3 Å². The molecule has 0 radical (unpaired) electrons. The Morgan fingerprint density at radius 1 is 0.741 bits per heavy atom. The number of benzene rings is 2. The molecule has 0 unspecified atom stereocenters. The molecule has 0 saturated carbocycles. The van der Waals surface area contributed by atoms with Gasteiger partial charge in [0.15, 0.2) is 0 Å². The van der Waals surface area contributed by atoms with Crippen LogP contribution in [-0.2, 0) is 5.41 Å². The Labute approximate surface area is 165 Å². The van der Waals surface area contributed by atoms with Gasteiger partial charge in [0.05, 0.1) is 15.9 Å². The van der Waals surface area contributed by atoms with E-state index in [-0.39, 0.29) is 5.41 Å². The van der Waals surface area contributed by atoms with Gasteiger partial charge in [-0.25, -0.2) is 4.98 Å². The van der Waals surface area contributed by atoms with Crippen LogP contribution in [0.3, 0.4) is 0 Å². The summed E-state index contributed by atoms with van der Waals surface area (Å²) in [7, 11) is 0. The van der Waals surface area contributed by atoms with Crippen LogP contribution in [-0.4, -0.2) is 4.98 Å². The molecular weight excluding hydrogens is 346 g/mol. The molecule has 2 aromatic carbocycles. The third-order valence-corrected chi connectivity index (χ3v) is 6.07. The molecule has 0 N–H and O–H groups in total. The lowest BCUT2D eigenvalue weighted by molar-refractivity contribution is 0.590. The first-order valence-electron chi connectivity index (χ1n) is 9.40. The quantitative estimate of drug-likeness (QED) is 0.354. The third-order valence-electron chi connectivity index (χ3n) is 4.93. The molecule has 0 aliphatic heterocycles. The maximum atomic E-state index is 4.94. The molecule has 0 atom stereocenters. The van der Waals surface area contributed by atoms with Gasteiger partial charge in [-0.2, -0.15) is 0 Å². The fraction of sp³-hybridized carbons (Fsp3) is 0.240. The highest BCUT2D eigenvalue weighted by Gasteiger charge is 2.14. The van der Waals surface area contributed by atoms with Crippen molar-refractivity contribution in [2.75, 3.05) is 0 Å². The minimum atomic E-state index is 0.182. The van der Waals surface area contributed by atoms with E-state index in [0.717, 1.165) is 11.2 Å². The first-order chi connectivity index (χ1) is 12.8. The molecule has 0 spiro atoms. The van der Waals surface area contributed by atoms with Crippen LogP contribution in [0.15, 0.2) is 60.7 Å². The third kappa shape index (κ3) is 3.68. The predicted octanol–water partition coefficient (Wildman–Crippen LogP) is 7.54. The molecule has 0 amide bonds. The SMILES string of the molecule is Cc1cc(C)cc(-c2ccc3sc(-c4ccc(C(C)(C)C)cc4)cc3n2)c1. The summed E-state index contributed by atoms with van der Waals surface area (Å²) in [5, 5.41) is 0. The van der Waals surface area contributed by atoms with Crippen LogP contribution in [0.2, 0.25) is 0 Å². The minimum Gasteiger partial charge on any atom is -0.247 e. The molecule has 0 bridgehead atoms. The molecule has 4 rings (SSSR count). The summed E-state index contributed by atoms with van der Waals surface area (Å²) < 4.78 is 1.23. The molecule has 27 heavy (non-hydrogen) atoms. The zero-order valence-corrected chi connectivity index (χ0v) is 17.4. The second kappa shape index (κ2) is 6.61. The molecule has 4 aromatic rings. The zero-order chi connectivity index (χ0) is 19.2. The lowest BCUT2D eigenvalue weighted by atomic mass is 9.86. The van der Waals surface area contributed by atoms with E-state index in [4.69, 9.17) is 4.98 Å². The minimum absolute atomic E-state index is 0.182. The Hall–Kier alpha value is -2.45. The van der Waals surface area contributed by atoms with Crippen molar-refractivity contribution in [2.24, 2.45) is 0 Å². The number of thiophene rings is 1. The van der Waals surface area contributed by atoms with Crippen molar-refractivity contribution in [1.29, 1.82) is 0 Å². The predicted molar refractivity (Wildman–Crippen MR) is 119 cm³/mol. The van der Waals surface area contributed by atoms with Gasteiger partial charge in [0, 0.05) is 10.4 Å². The van der Waals surface area contributed by atoms with Crippen molar-refractivity contribution < 1.29 is 0 Å². The summed E-state index contributed by atoms with van der Waals surface area (Å²) >= 11 is 1.81. The molecule has 0 fully saturated rings. The number of aryl methyl sites for hydroxylation is 2. The Bertz CT molecular complexity index is 1090. The van der Waals surface area contributed by atoms with E-state index < -0.39 is 0 Å². The van der Waals surface area contributed by atoms with Crippen molar-refractivity contribution in [3.05, 3.63) is 77.4 Å². The lowest BCUT2D eigenvalue weighted by Gasteiger charge is -2.18. The first kappa shape index (κ1) is 17.9. The van der Waals surface area contributed by atoms with Gasteiger partial charge in [-0.05, 0) is 60.7 Å². The largest absolute Gasteiger partial charge is 0.247 e. The average molecular weight is 372 g/mol. The van der Waals surface area contributed by atoms with E-state index in [9.17, 15) is 0 Å². The average Bonchev–Trinajstić information content (AvgIpc) is 3.03. The molecule has 1 nitrogen and oxygen atoms in total. The standard InChI is InChI=1S/C25H25NS/c1-16-12-17(2)14-19(13-16)21-10-11-23-22(26-21)15-24(27-23)18-6-8-20(9-7-18)25(3,4)5/h6-15H,1-5H3. The fourth-order valence-corrected chi connectivity index (χ4v) is 4.49. The smallest absolute Gasteiger partial charge is 0.0823 e. The molecule has 136 valence electrons. The van der Waals surface area contributed by atoms with Gasteiger partial charge in [-0.3, -0.25) is 0 Å². The Morgan fingerprint density at radius 3 is 2.04 bits per heavy atom. The second-order valence-corrected chi connectivity index (χ2v) is 9.48. The van der Waals surface area contributed by atoms with Crippen LogP contribution in [0.1, 0.15) is 37.5 Å². The van der Waals surface area contributed by atoms with Crippen LogP contribution in [0.4, 0.5) is 0 Å². The van der Waals surface area contributed by atoms with Crippen LogP contribution in [0, 0.1) is 13.8 Å². The molecule has 0 saturated heterocycles. The Kier molecular flexibility index (Phi) is 4.39. The van der Waals surface area contributed by atoms with Crippen molar-refractivity contribution in [2.45, 2.75) is 40.0 Å². The van der Waals surface area contributed by atoms with E-state index in [1.165, 1.54) is 37.4 Å². The molecule has 0 aliphatic rings. The summed E-state index contributed by atoms with van der Waals surface area (Å²) in [4.78, 5) is 6.21. The molecule has 2 heteroatoms. The topological polar surface area (TPSA) is 12.9 Å². The number of pyridine rings is 1. The summed E-state index contributed by atoms with van der Waals surface area (Å²) in [5.41, 5.74) is 8.67. The van der Waals surface area contributed by atoms with E-state index in [0.29, 0.717) is 0 Å². The molecule has 0 aliphatic carbocycles. The lowest BCUT2D eigenvalue weighted by Crippen LogP contribution is -2.10. The normalized spacial score (nSPS) is 11.9. The van der Waals surface area contributed by atoms with Gasteiger partial charge in [0.25, 0.3) is 0 Å². The van der Waals surface area contributed by atoms with Crippen LogP contribution in [0.5, 0.6) is 0 Å². The number of hydrogen-bond donors (Lipinski definition) is 0. The highest BCUT2D eigenvalue weighted by atomic mass is 32.1. The molecule has 2 heterocycles. The number of hydrogen-bond acceptors (Lipinski definition) is 2. The molecule has 2 aromatic heterocycles. The van der Waals surface area contributed by atoms with Crippen LogP contribution >= 0.6 is 11.3 Å². The van der Waals surface area contributed by atoms with Crippen molar-refractivity contribution in [1.82, 2.24) is 4.98 Å². The summed E-state index contributed by atoms with van der Waals surface area (Å²) in [5.74, 6) is 0. The van der Waals surface area contributed by atoms with Crippen LogP contribution < -0.4 is 0 Å². The van der Waals surface area contributed by atoms with Gasteiger partial charge < -0.3 is 0 Å². The van der Waals surface area contributed by atoms with E-state index in [2.05, 4.69) is 95.3 Å². The first-order valence-corrected chi connectivity index (χ1v) is 10.2. The maximum Gasteiger partial charge on any atom is 0.0823 e. The maximum absolute atomic E-state index is 4.94. The number of aromatic nitrogens is 1.